The van der Waals surface area contributed by atoms with Crippen LogP contribution in [-0.2, 0) is 13.1 Å². The van der Waals surface area contributed by atoms with E-state index in [0.29, 0.717) is 13.1 Å². The highest BCUT2D eigenvalue weighted by atomic mass is 16.3. The Balaban J connectivity index is 1.54. The van der Waals surface area contributed by atoms with Gasteiger partial charge in [0.25, 0.3) is 0 Å². The summed E-state index contributed by atoms with van der Waals surface area (Å²) in [7, 11) is 0. The third-order valence-corrected chi connectivity index (χ3v) is 4.39. The maximum absolute atomic E-state index is 9.88. The van der Waals surface area contributed by atoms with Crippen LogP contribution in [0.1, 0.15) is 11.1 Å². The number of rotatable bonds is 4. The van der Waals surface area contributed by atoms with Gasteiger partial charge in [-0.2, -0.15) is 0 Å². The van der Waals surface area contributed by atoms with Crippen molar-refractivity contribution in [3.63, 3.8) is 0 Å². The molecule has 0 aliphatic carbocycles. The van der Waals surface area contributed by atoms with Gasteiger partial charge < -0.3 is 20.4 Å². The molecular weight excluding hydrogens is 308 g/mol. The SMILES string of the molecule is Oc1ccc(CN2CCN(Cc3ccc(O)cc3O)CC2)c(O)c1. The topological polar surface area (TPSA) is 87.4 Å². The lowest BCUT2D eigenvalue weighted by Crippen LogP contribution is -2.45. The molecule has 1 heterocycles. The smallest absolute Gasteiger partial charge is 0.123 e. The predicted molar refractivity (Wildman–Crippen MR) is 90.1 cm³/mol. The first kappa shape index (κ1) is 16.4. The van der Waals surface area contributed by atoms with E-state index in [1.807, 2.05) is 0 Å². The van der Waals surface area contributed by atoms with Crippen molar-refractivity contribution in [3.8, 4) is 23.0 Å². The summed E-state index contributed by atoms with van der Waals surface area (Å²) in [5.41, 5.74) is 1.61. The van der Waals surface area contributed by atoms with E-state index in [2.05, 4.69) is 9.80 Å². The van der Waals surface area contributed by atoms with Crippen LogP contribution in [0.2, 0.25) is 0 Å². The van der Waals surface area contributed by atoms with Crippen molar-refractivity contribution in [2.75, 3.05) is 26.2 Å². The van der Waals surface area contributed by atoms with Crippen LogP contribution in [-0.4, -0.2) is 56.4 Å². The maximum atomic E-state index is 9.88. The number of benzene rings is 2. The Kier molecular flexibility index (Phi) is 4.78. The summed E-state index contributed by atoms with van der Waals surface area (Å²) < 4.78 is 0. The quantitative estimate of drug-likeness (QED) is 0.684. The first-order valence-electron chi connectivity index (χ1n) is 7.97. The zero-order valence-corrected chi connectivity index (χ0v) is 13.4. The minimum atomic E-state index is 0.0646. The van der Waals surface area contributed by atoms with Gasteiger partial charge in [-0.05, 0) is 12.1 Å². The number of phenolic OH excluding ortho intramolecular Hbond substituents is 4. The Morgan fingerprint density at radius 3 is 1.33 bits per heavy atom. The van der Waals surface area contributed by atoms with E-state index in [9.17, 15) is 20.4 Å². The molecule has 4 N–H and O–H groups in total. The van der Waals surface area contributed by atoms with E-state index in [0.717, 1.165) is 37.3 Å². The molecule has 1 aliphatic heterocycles. The predicted octanol–water partition coefficient (Wildman–Crippen LogP) is 1.83. The summed E-state index contributed by atoms with van der Waals surface area (Å²) in [4.78, 5) is 4.50. The van der Waals surface area contributed by atoms with Crippen LogP contribution < -0.4 is 0 Å². The Labute approximate surface area is 140 Å². The van der Waals surface area contributed by atoms with Gasteiger partial charge >= 0.3 is 0 Å². The number of phenols is 4. The fourth-order valence-corrected chi connectivity index (χ4v) is 2.96. The molecule has 2 aromatic carbocycles. The van der Waals surface area contributed by atoms with Crippen LogP contribution >= 0.6 is 0 Å². The van der Waals surface area contributed by atoms with E-state index in [1.165, 1.54) is 12.1 Å². The summed E-state index contributed by atoms with van der Waals surface area (Å²) in [6.45, 7) is 4.73. The maximum Gasteiger partial charge on any atom is 0.123 e. The van der Waals surface area contributed by atoms with E-state index in [1.54, 1.807) is 24.3 Å². The number of hydrogen-bond acceptors (Lipinski definition) is 6. The number of nitrogens with zero attached hydrogens (tertiary/aromatic N) is 2. The fraction of sp³-hybridized carbons (Fsp3) is 0.333. The largest absolute Gasteiger partial charge is 0.508 e. The molecule has 0 bridgehead atoms. The highest BCUT2D eigenvalue weighted by molar-refractivity contribution is 5.39. The highest BCUT2D eigenvalue weighted by Gasteiger charge is 2.19. The Hall–Kier alpha value is -2.44. The number of hydrogen-bond donors (Lipinski definition) is 4. The van der Waals surface area contributed by atoms with Crippen molar-refractivity contribution in [2.24, 2.45) is 0 Å². The van der Waals surface area contributed by atoms with Crippen LogP contribution in [0.15, 0.2) is 36.4 Å². The van der Waals surface area contributed by atoms with Crippen LogP contribution in [0.3, 0.4) is 0 Å². The normalized spacial score (nSPS) is 16.3. The van der Waals surface area contributed by atoms with Crippen molar-refractivity contribution < 1.29 is 20.4 Å². The van der Waals surface area contributed by atoms with E-state index in [4.69, 9.17) is 0 Å². The lowest BCUT2D eigenvalue weighted by atomic mass is 10.1. The molecule has 0 amide bonds. The number of aromatic hydroxyl groups is 4. The van der Waals surface area contributed by atoms with Crippen LogP contribution in [0, 0.1) is 0 Å². The molecule has 0 atom stereocenters. The van der Waals surface area contributed by atoms with Crippen molar-refractivity contribution in [3.05, 3.63) is 47.5 Å². The van der Waals surface area contributed by atoms with Gasteiger partial charge in [0.05, 0.1) is 0 Å². The summed E-state index contributed by atoms with van der Waals surface area (Å²) in [6.07, 6.45) is 0. The number of piperazine rings is 1. The van der Waals surface area contributed by atoms with Gasteiger partial charge in [0.2, 0.25) is 0 Å². The average molecular weight is 330 g/mol. The first-order valence-corrected chi connectivity index (χ1v) is 7.97. The van der Waals surface area contributed by atoms with Gasteiger partial charge in [-0.3, -0.25) is 9.80 Å². The zero-order chi connectivity index (χ0) is 17.1. The van der Waals surface area contributed by atoms with E-state index >= 15 is 0 Å². The molecule has 3 rings (SSSR count). The molecule has 6 nitrogen and oxygen atoms in total. The molecule has 0 spiro atoms. The lowest BCUT2D eigenvalue weighted by Gasteiger charge is -2.34. The molecule has 1 fully saturated rings. The highest BCUT2D eigenvalue weighted by Crippen LogP contribution is 2.26. The van der Waals surface area contributed by atoms with Crippen molar-refractivity contribution >= 4 is 0 Å². The molecule has 0 unspecified atom stereocenters. The molecule has 0 saturated carbocycles. The standard InChI is InChI=1S/C18H22N2O4/c21-15-3-1-13(17(23)9-15)11-19-5-7-20(8-6-19)12-14-2-4-16(22)10-18(14)24/h1-4,9-10,21-24H,5-8,11-12H2. The monoisotopic (exact) mass is 330 g/mol. The van der Waals surface area contributed by atoms with Crippen LogP contribution in [0.25, 0.3) is 0 Å². The second-order valence-electron chi connectivity index (χ2n) is 6.18. The Morgan fingerprint density at radius 1 is 0.625 bits per heavy atom. The minimum Gasteiger partial charge on any atom is -0.508 e. The molecule has 1 saturated heterocycles. The van der Waals surface area contributed by atoms with Gasteiger partial charge in [-0.1, -0.05) is 12.1 Å². The second kappa shape index (κ2) is 6.98. The summed E-state index contributed by atoms with van der Waals surface area (Å²) in [5, 5.41) is 38.4. The van der Waals surface area contributed by atoms with Gasteiger partial charge in [0, 0.05) is 62.5 Å². The molecule has 128 valence electrons. The molecule has 6 heteroatoms. The molecule has 2 aromatic rings. The molecular formula is C18H22N2O4. The third-order valence-electron chi connectivity index (χ3n) is 4.39. The van der Waals surface area contributed by atoms with Gasteiger partial charge in [0.1, 0.15) is 23.0 Å². The fourth-order valence-electron chi connectivity index (χ4n) is 2.96. The van der Waals surface area contributed by atoms with Crippen molar-refractivity contribution in [1.29, 1.82) is 0 Å². The Morgan fingerprint density at radius 2 is 1.00 bits per heavy atom. The van der Waals surface area contributed by atoms with Gasteiger partial charge in [0.15, 0.2) is 0 Å². The van der Waals surface area contributed by atoms with Gasteiger partial charge in [-0.15, -0.1) is 0 Å². The summed E-state index contributed by atoms with van der Waals surface area (Å²) in [5.74, 6) is 0.363. The van der Waals surface area contributed by atoms with Crippen LogP contribution in [0.4, 0.5) is 0 Å². The minimum absolute atomic E-state index is 0.0646. The molecule has 1 aliphatic rings. The molecule has 24 heavy (non-hydrogen) atoms. The molecule has 0 radical (unpaired) electrons. The lowest BCUT2D eigenvalue weighted by molar-refractivity contribution is 0.120. The van der Waals surface area contributed by atoms with E-state index < -0.39 is 0 Å². The molecule has 0 aromatic heterocycles. The average Bonchev–Trinajstić information content (AvgIpc) is 2.54. The van der Waals surface area contributed by atoms with E-state index in [-0.39, 0.29) is 23.0 Å². The Bertz CT molecular complexity index is 651. The van der Waals surface area contributed by atoms with Crippen molar-refractivity contribution in [2.45, 2.75) is 13.1 Å². The third kappa shape index (κ3) is 3.90. The summed E-state index contributed by atoms with van der Waals surface area (Å²) >= 11 is 0. The zero-order valence-electron chi connectivity index (χ0n) is 13.4. The van der Waals surface area contributed by atoms with Crippen molar-refractivity contribution in [1.82, 2.24) is 9.80 Å². The van der Waals surface area contributed by atoms with Crippen LogP contribution in [0.5, 0.6) is 23.0 Å². The second-order valence-corrected chi connectivity index (χ2v) is 6.18. The first-order chi connectivity index (χ1) is 11.5. The van der Waals surface area contributed by atoms with Gasteiger partial charge in [-0.25, -0.2) is 0 Å². The summed E-state index contributed by atoms with van der Waals surface area (Å²) in [6, 6.07) is 9.37.